The van der Waals surface area contributed by atoms with E-state index in [-0.39, 0.29) is 12.2 Å². The Balaban J connectivity index is 1.56. The van der Waals surface area contributed by atoms with Crippen molar-refractivity contribution in [1.29, 1.82) is 0 Å². The fourth-order valence-corrected chi connectivity index (χ4v) is 6.57. The minimum Gasteiger partial charge on any atom is -0.372 e. The number of rotatable bonds is 3. The van der Waals surface area contributed by atoms with E-state index >= 15 is 0 Å². The van der Waals surface area contributed by atoms with Crippen LogP contribution < -0.4 is 9.80 Å². The first kappa shape index (κ1) is 18.8. The van der Waals surface area contributed by atoms with Gasteiger partial charge in [-0.05, 0) is 64.4 Å². The number of nitrogens with zero attached hydrogens (tertiary/aromatic N) is 3. The first-order valence-corrected chi connectivity index (χ1v) is 12.0. The lowest BCUT2D eigenvalue weighted by molar-refractivity contribution is -0.919. The van der Waals surface area contributed by atoms with Crippen LogP contribution in [0.3, 0.4) is 0 Å². The van der Waals surface area contributed by atoms with Gasteiger partial charge in [0.15, 0.2) is 5.82 Å². The minimum absolute atomic E-state index is 0.249. The van der Waals surface area contributed by atoms with E-state index in [1.54, 1.807) is 15.3 Å². The van der Waals surface area contributed by atoms with Crippen LogP contribution in [-0.4, -0.2) is 48.4 Å². The Kier molecular flexibility index (Phi) is 5.28. The third-order valence-electron chi connectivity index (χ3n) is 6.53. The van der Waals surface area contributed by atoms with Crippen LogP contribution in [0.5, 0.6) is 0 Å². The number of piperidine rings is 1. The summed E-state index contributed by atoms with van der Waals surface area (Å²) >= 11 is 1.94. The predicted molar refractivity (Wildman–Crippen MR) is 115 cm³/mol. The molecule has 2 atom stereocenters. The van der Waals surface area contributed by atoms with Crippen molar-refractivity contribution in [2.75, 3.05) is 31.1 Å². The van der Waals surface area contributed by atoms with Gasteiger partial charge in [0.1, 0.15) is 17.2 Å². The Hall–Kier alpha value is -1.24. The summed E-state index contributed by atoms with van der Waals surface area (Å²) in [7, 11) is 0. The minimum atomic E-state index is 0.249. The molecule has 0 saturated carbocycles. The fourth-order valence-electron chi connectivity index (χ4n) is 5.29. The molecule has 152 valence electrons. The third-order valence-corrected chi connectivity index (χ3v) is 7.72. The second-order valence-electron chi connectivity index (χ2n) is 9.00. The molecule has 1 N–H and O–H groups in total. The van der Waals surface area contributed by atoms with E-state index in [0.717, 1.165) is 25.5 Å². The maximum Gasteiger partial charge on any atom is 0.187 e. The smallest absolute Gasteiger partial charge is 0.187 e. The van der Waals surface area contributed by atoms with Crippen molar-refractivity contribution in [3.05, 3.63) is 16.3 Å². The van der Waals surface area contributed by atoms with Crippen LogP contribution in [0.4, 0.5) is 5.82 Å². The topological polar surface area (TPSA) is 42.7 Å². The lowest BCUT2D eigenvalue weighted by atomic mass is 9.96. The van der Waals surface area contributed by atoms with E-state index in [1.165, 1.54) is 74.1 Å². The number of likely N-dealkylation sites (tertiary alicyclic amines) is 1. The van der Waals surface area contributed by atoms with E-state index < -0.39 is 0 Å². The highest BCUT2D eigenvalue weighted by atomic mass is 32.1. The normalized spacial score (nSPS) is 26.6. The van der Waals surface area contributed by atoms with Gasteiger partial charge in [0.2, 0.25) is 0 Å². The summed E-state index contributed by atoms with van der Waals surface area (Å²) in [4.78, 5) is 17.2. The van der Waals surface area contributed by atoms with Gasteiger partial charge in [-0.1, -0.05) is 0 Å². The molecule has 0 spiro atoms. The summed E-state index contributed by atoms with van der Waals surface area (Å²) < 4.78 is 6.01. The van der Waals surface area contributed by atoms with Crippen molar-refractivity contribution in [3.8, 4) is 0 Å². The Bertz CT molecular complexity index is 835. The molecule has 2 saturated heterocycles. The molecule has 0 aromatic carbocycles. The van der Waals surface area contributed by atoms with Gasteiger partial charge in [-0.15, -0.1) is 11.3 Å². The third kappa shape index (κ3) is 3.66. The second kappa shape index (κ2) is 7.88. The van der Waals surface area contributed by atoms with Crippen LogP contribution in [0.1, 0.15) is 62.2 Å². The van der Waals surface area contributed by atoms with E-state index in [9.17, 15) is 0 Å². The summed E-state index contributed by atoms with van der Waals surface area (Å²) in [5.74, 6) is 2.24. The molecule has 0 amide bonds. The zero-order valence-electron chi connectivity index (χ0n) is 17.3. The van der Waals surface area contributed by atoms with Crippen molar-refractivity contribution in [2.24, 2.45) is 0 Å². The Morgan fingerprint density at radius 1 is 1.00 bits per heavy atom. The largest absolute Gasteiger partial charge is 0.372 e. The summed E-state index contributed by atoms with van der Waals surface area (Å²) in [5, 5.41) is 1.36. The number of morpholine rings is 1. The summed E-state index contributed by atoms with van der Waals surface area (Å²) in [5.41, 5.74) is 1.55. The van der Waals surface area contributed by atoms with E-state index in [0.29, 0.717) is 0 Å². The van der Waals surface area contributed by atoms with Crippen LogP contribution >= 0.6 is 11.3 Å². The maximum absolute atomic E-state index is 6.01. The Labute approximate surface area is 172 Å². The molecule has 2 aromatic heterocycles. The SMILES string of the molecule is C[C@H]1CN(c2nc(C[NH+]3CCCCC3)nc3sc4c(c23)CCCC4)C[C@H](C)O1. The monoisotopic (exact) mass is 401 g/mol. The van der Waals surface area contributed by atoms with Crippen LogP contribution in [0.2, 0.25) is 0 Å². The molecule has 0 unspecified atom stereocenters. The van der Waals surface area contributed by atoms with Gasteiger partial charge in [-0.2, -0.15) is 0 Å². The molecule has 3 aliphatic rings. The number of anilines is 1. The number of aryl methyl sites for hydroxylation is 2. The number of hydrogen-bond donors (Lipinski definition) is 1. The lowest BCUT2D eigenvalue weighted by Gasteiger charge is -2.36. The summed E-state index contributed by atoms with van der Waals surface area (Å²) in [6.07, 6.45) is 9.60. The molecule has 0 bridgehead atoms. The number of quaternary nitrogens is 1. The number of ether oxygens (including phenoxy) is 1. The van der Waals surface area contributed by atoms with Gasteiger partial charge in [-0.25, -0.2) is 9.97 Å². The highest BCUT2D eigenvalue weighted by molar-refractivity contribution is 7.19. The van der Waals surface area contributed by atoms with E-state index in [4.69, 9.17) is 14.7 Å². The summed E-state index contributed by atoms with van der Waals surface area (Å²) in [6.45, 7) is 9.73. The molecule has 2 aromatic rings. The number of thiophene rings is 1. The molecule has 5 nitrogen and oxygen atoms in total. The van der Waals surface area contributed by atoms with Crippen molar-refractivity contribution in [1.82, 2.24) is 9.97 Å². The quantitative estimate of drug-likeness (QED) is 0.859. The van der Waals surface area contributed by atoms with Crippen molar-refractivity contribution in [3.63, 3.8) is 0 Å². The molecule has 1 aliphatic carbocycles. The van der Waals surface area contributed by atoms with Gasteiger partial charge < -0.3 is 14.5 Å². The molecular formula is C22H33N4OS+. The molecule has 28 heavy (non-hydrogen) atoms. The average molecular weight is 402 g/mol. The lowest BCUT2D eigenvalue weighted by Crippen LogP contribution is -3.11. The molecule has 6 heteroatoms. The highest BCUT2D eigenvalue weighted by Gasteiger charge is 2.29. The number of nitrogens with one attached hydrogen (secondary N) is 1. The van der Waals surface area contributed by atoms with Gasteiger partial charge in [0.25, 0.3) is 0 Å². The number of fused-ring (bicyclic) bond motifs is 3. The zero-order valence-corrected chi connectivity index (χ0v) is 18.1. The summed E-state index contributed by atoms with van der Waals surface area (Å²) in [6, 6.07) is 0. The fraction of sp³-hybridized carbons (Fsp3) is 0.727. The van der Waals surface area contributed by atoms with E-state index in [2.05, 4.69) is 18.7 Å². The van der Waals surface area contributed by atoms with Crippen LogP contribution in [0.15, 0.2) is 0 Å². The van der Waals surface area contributed by atoms with E-state index in [1.807, 2.05) is 11.3 Å². The van der Waals surface area contributed by atoms with Gasteiger partial charge in [0, 0.05) is 18.0 Å². The average Bonchev–Trinajstić information content (AvgIpc) is 3.06. The van der Waals surface area contributed by atoms with Crippen LogP contribution in [0, 0.1) is 0 Å². The molecule has 4 heterocycles. The molecule has 2 fully saturated rings. The molecular weight excluding hydrogens is 368 g/mol. The standard InChI is InChI=1S/C22H32N4OS/c1-15-12-26(13-16(2)27-15)21-20-17-8-4-5-9-18(17)28-22(20)24-19(23-21)14-25-10-6-3-7-11-25/h15-16H,3-14H2,1-2H3/p+1/t15-,16-/m0/s1. The van der Waals surface area contributed by atoms with Crippen LogP contribution in [-0.2, 0) is 24.1 Å². The van der Waals surface area contributed by atoms with Crippen molar-refractivity contribution < 1.29 is 9.64 Å². The highest BCUT2D eigenvalue weighted by Crippen LogP contribution is 2.40. The predicted octanol–water partition coefficient (Wildman–Crippen LogP) is 2.75. The second-order valence-corrected chi connectivity index (χ2v) is 10.1. The zero-order chi connectivity index (χ0) is 19.1. The van der Waals surface area contributed by atoms with Crippen molar-refractivity contribution >= 4 is 27.4 Å². The number of aromatic nitrogens is 2. The number of hydrogen-bond acceptors (Lipinski definition) is 5. The van der Waals surface area contributed by atoms with Crippen molar-refractivity contribution in [2.45, 2.75) is 77.5 Å². The van der Waals surface area contributed by atoms with Gasteiger partial charge in [0.05, 0.1) is 30.7 Å². The van der Waals surface area contributed by atoms with Gasteiger partial charge in [-0.3, -0.25) is 0 Å². The molecule has 0 radical (unpaired) electrons. The van der Waals surface area contributed by atoms with Crippen LogP contribution in [0.25, 0.3) is 10.2 Å². The van der Waals surface area contributed by atoms with Gasteiger partial charge >= 0.3 is 0 Å². The first-order chi connectivity index (χ1) is 13.7. The Morgan fingerprint density at radius 2 is 1.75 bits per heavy atom. The molecule has 5 rings (SSSR count). The Morgan fingerprint density at radius 3 is 2.54 bits per heavy atom. The molecule has 2 aliphatic heterocycles. The first-order valence-electron chi connectivity index (χ1n) is 11.2. The maximum atomic E-state index is 6.01.